The molecule has 0 spiro atoms. The molecule has 2 heterocycles. The van der Waals surface area contributed by atoms with E-state index in [9.17, 15) is 0 Å². The van der Waals surface area contributed by atoms with Crippen LogP contribution in [0.15, 0.2) is 186 Å². The van der Waals surface area contributed by atoms with Gasteiger partial charge in [0.2, 0.25) is 0 Å². The van der Waals surface area contributed by atoms with E-state index in [1.165, 1.54) is 49.5 Å². The molecule has 4 fully saturated rings. The van der Waals surface area contributed by atoms with Gasteiger partial charge in [-0.2, -0.15) is 0 Å². The molecule has 4 aliphatic carbocycles. The highest BCUT2D eigenvalue weighted by atomic mass is 16.3. The van der Waals surface area contributed by atoms with Crippen LogP contribution in [-0.2, 0) is 5.41 Å². The lowest BCUT2D eigenvalue weighted by atomic mass is 9.48. The summed E-state index contributed by atoms with van der Waals surface area (Å²) in [4.78, 5) is 16.1. The molecule has 0 atom stereocenters. The first-order chi connectivity index (χ1) is 31.1. The van der Waals surface area contributed by atoms with Crippen molar-refractivity contribution >= 4 is 54.3 Å². The Morgan fingerprint density at radius 1 is 0.365 bits per heavy atom. The second-order valence-corrected chi connectivity index (χ2v) is 18.5. The highest BCUT2D eigenvalue weighted by Gasteiger charge is 2.51. The zero-order valence-corrected chi connectivity index (χ0v) is 35.0. The third-order valence-electron chi connectivity index (χ3n) is 14.8. The van der Waals surface area contributed by atoms with E-state index in [0.717, 1.165) is 94.4 Å². The third-order valence-corrected chi connectivity index (χ3v) is 14.8. The summed E-state index contributed by atoms with van der Waals surface area (Å²) in [5.41, 5.74) is 8.27. The Kier molecular flexibility index (Phi) is 8.37. The quantitative estimate of drug-likeness (QED) is 0.174. The smallest absolute Gasteiger partial charge is 0.164 e. The summed E-state index contributed by atoms with van der Waals surface area (Å²) >= 11 is 0. The molecule has 4 nitrogen and oxygen atoms in total. The maximum Gasteiger partial charge on any atom is 0.164 e. The van der Waals surface area contributed by atoms with Crippen LogP contribution in [0, 0.1) is 17.8 Å². The monoisotopic (exact) mass is 811 g/mol. The first-order valence-corrected chi connectivity index (χ1v) is 22.7. The molecule has 4 aliphatic rings. The van der Waals surface area contributed by atoms with Crippen LogP contribution < -0.4 is 0 Å². The van der Waals surface area contributed by atoms with Crippen LogP contribution in [0.25, 0.3) is 99.5 Å². The van der Waals surface area contributed by atoms with Gasteiger partial charge in [-0.25, -0.2) is 15.0 Å². The molecule has 4 bridgehead atoms. The molecular formula is C59H45N3O. The van der Waals surface area contributed by atoms with Crippen molar-refractivity contribution in [2.45, 2.75) is 43.9 Å². The van der Waals surface area contributed by atoms with Crippen molar-refractivity contribution in [2.75, 3.05) is 0 Å². The lowest BCUT2D eigenvalue weighted by Crippen LogP contribution is -2.48. The third kappa shape index (κ3) is 6.07. The Morgan fingerprint density at radius 2 is 0.825 bits per heavy atom. The lowest BCUT2D eigenvalue weighted by molar-refractivity contribution is -0.00518. The molecule has 0 unspecified atom stereocenters. The molecule has 0 N–H and O–H groups in total. The number of hydrogen-bond donors (Lipinski definition) is 0. The fourth-order valence-electron chi connectivity index (χ4n) is 12.4. The number of rotatable bonds is 5. The zero-order valence-electron chi connectivity index (χ0n) is 35.0. The van der Waals surface area contributed by atoms with Crippen LogP contribution in [-0.4, -0.2) is 15.0 Å². The molecule has 0 saturated heterocycles. The molecule has 0 radical (unpaired) electrons. The van der Waals surface area contributed by atoms with E-state index in [0.29, 0.717) is 22.9 Å². The van der Waals surface area contributed by atoms with Crippen molar-refractivity contribution in [1.29, 1.82) is 0 Å². The van der Waals surface area contributed by atoms with E-state index in [1.54, 1.807) is 0 Å². The SMILES string of the molecule is c1ccc(-c2cccc3c2oc2ccccc2c2ccccc2c2ccccc32)c(-c2nc(-c3ccc(C45CC6CC(CC(C6)C4)C5)cc3)nc(-c3cccc4ccccc34)n2)c1. The van der Waals surface area contributed by atoms with E-state index in [4.69, 9.17) is 19.4 Å². The molecular weight excluding hydrogens is 767 g/mol. The average molecular weight is 812 g/mol. The van der Waals surface area contributed by atoms with E-state index in [-0.39, 0.29) is 0 Å². The molecule has 14 rings (SSSR count). The van der Waals surface area contributed by atoms with Gasteiger partial charge in [-0.15, -0.1) is 0 Å². The van der Waals surface area contributed by atoms with E-state index in [2.05, 4.69) is 182 Å². The van der Waals surface area contributed by atoms with Gasteiger partial charge in [0.05, 0.1) is 0 Å². The predicted molar refractivity (Wildman–Crippen MR) is 259 cm³/mol. The standard InChI is InChI=1S/C59H45N3O/c1-2-15-43-40(13-1)14-11-25-52(43)57-60-56(41-27-29-42(30-28-41)59-34-37-31-38(35-59)33-39(32-37)36-59)61-58(62-57)53-22-8-7-20-48(53)51-24-12-23-50-47-19-6-4-17-45(47)44-16-3-5-18-46(44)49-21-9-10-26-54(49)63-55(50)51/h1-30,37-39H,31-36H2. The summed E-state index contributed by atoms with van der Waals surface area (Å²) in [7, 11) is 0. The van der Waals surface area contributed by atoms with Gasteiger partial charge in [0.25, 0.3) is 0 Å². The van der Waals surface area contributed by atoms with Gasteiger partial charge in [-0.3, -0.25) is 0 Å². The fourth-order valence-corrected chi connectivity index (χ4v) is 12.4. The number of para-hydroxylation sites is 2. The lowest BCUT2D eigenvalue weighted by Gasteiger charge is -2.57. The molecule has 302 valence electrons. The molecule has 8 aromatic carbocycles. The molecule has 0 amide bonds. The van der Waals surface area contributed by atoms with Gasteiger partial charge in [0.1, 0.15) is 11.2 Å². The van der Waals surface area contributed by atoms with Gasteiger partial charge in [0.15, 0.2) is 17.5 Å². The Hall–Kier alpha value is -7.17. The van der Waals surface area contributed by atoms with Crippen molar-refractivity contribution in [3.63, 3.8) is 0 Å². The summed E-state index contributed by atoms with van der Waals surface area (Å²) in [6.07, 6.45) is 8.34. The van der Waals surface area contributed by atoms with Gasteiger partial charge in [0, 0.05) is 33.0 Å². The number of hydrogen-bond acceptors (Lipinski definition) is 4. The summed E-state index contributed by atoms with van der Waals surface area (Å²) in [6.45, 7) is 0. The second kappa shape index (κ2) is 14.5. The maximum atomic E-state index is 7.23. The first-order valence-electron chi connectivity index (χ1n) is 22.7. The van der Waals surface area contributed by atoms with E-state index < -0.39 is 0 Å². The number of benzene rings is 8. The van der Waals surface area contributed by atoms with Crippen LogP contribution >= 0.6 is 0 Å². The Balaban J connectivity index is 1.04. The number of nitrogens with zero attached hydrogens (tertiary/aromatic N) is 3. The summed E-state index contributed by atoms with van der Waals surface area (Å²) in [6, 6.07) is 64.9. The molecule has 4 saturated carbocycles. The first kappa shape index (κ1) is 36.5. The van der Waals surface area contributed by atoms with Crippen LogP contribution in [0.2, 0.25) is 0 Å². The highest BCUT2D eigenvalue weighted by molar-refractivity contribution is 6.19. The molecule has 10 aromatic rings. The Morgan fingerprint density at radius 3 is 1.52 bits per heavy atom. The van der Waals surface area contributed by atoms with Crippen LogP contribution in [0.1, 0.15) is 44.1 Å². The predicted octanol–water partition coefficient (Wildman–Crippen LogP) is 15.5. The van der Waals surface area contributed by atoms with Gasteiger partial charge >= 0.3 is 0 Å². The topological polar surface area (TPSA) is 51.8 Å². The van der Waals surface area contributed by atoms with E-state index in [1.807, 2.05) is 0 Å². The van der Waals surface area contributed by atoms with Crippen molar-refractivity contribution in [3.05, 3.63) is 188 Å². The Bertz CT molecular complexity index is 3470. The molecule has 4 heteroatoms. The van der Waals surface area contributed by atoms with Crippen molar-refractivity contribution in [3.8, 4) is 45.3 Å². The summed E-state index contributed by atoms with van der Waals surface area (Å²) in [5.74, 6) is 4.63. The van der Waals surface area contributed by atoms with Crippen molar-refractivity contribution in [2.24, 2.45) is 17.8 Å². The number of fused-ring (bicyclic) bond motifs is 8. The van der Waals surface area contributed by atoms with Crippen molar-refractivity contribution < 1.29 is 4.42 Å². The summed E-state index contributed by atoms with van der Waals surface area (Å²) < 4.78 is 7.23. The maximum absolute atomic E-state index is 7.23. The molecule has 2 aromatic heterocycles. The largest absolute Gasteiger partial charge is 0.455 e. The fraction of sp³-hybridized carbons (Fsp3) is 0.169. The highest BCUT2D eigenvalue weighted by Crippen LogP contribution is 2.60. The van der Waals surface area contributed by atoms with Crippen LogP contribution in [0.5, 0.6) is 0 Å². The molecule has 63 heavy (non-hydrogen) atoms. The van der Waals surface area contributed by atoms with Gasteiger partial charge in [-0.1, -0.05) is 176 Å². The number of aromatic nitrogens is 3. The zero-order chi connectivity index (χ0) is 41.5. The van der Waals surface area contributed by atoms with Gasteiger partial charge < -0.3 is 4.42 Å². The van der Waals surface area contributed by atoms with Crippen LogP contribution in [0.3, 0.4) is 0 Å². The van der Waals surface area contributed by atoms with Crippen LogP contribution in [0.4, 0.5) is 0 Å². The van der Waals surface area contributed by atoms with Crippen molar-refractivity contribution in [1.82, 2.24) is 15.0 Å². The molecule has 0 aliphatic heterocycles. The minimum atomic E-state index is 0.322. The second-order valence-electron chi connectivity index (χ2n) is 18.5. The average Bonchev–Trinajstić information content (AvgIpc) is 3.38. The normalized spacial score (nSPS) is 20.2. The summed E-state index contributed by atoms with van der Waals surface area (Å²) in [5, 5.41) is 8.93. The Labute approximate surface area is 366 Å². The minimum Gasteiger partial charge on any atom is -0.455 e. The minimum absolute atomic E-state index is 0.322. The van der Waals surface area contributed by atoms with Gasteiger partial charge in [-0.05, 0) is 111 Å². The van der Waals surface area contributed by atoms with E-state index >= 15 is 0 Å².